The Balaban J connectivity index is 1.55. The number of nitrogens with one attached hydrogen (secondary N) is 2. The molecule has 1 saturated carbocycles. The second-order valence-corrected chi connectivity index (χ2v) is 8.82. The Labute approximate surface area is 163 Å². The number of aromatic nitrogens is 2. The van der Waals surface area contributed by atoms with Crippen molar-refractivity contribution in [3.05, 3.63) is 39.5 Å². The molecule has 2 aliphatic carbocycles. The molecular formula is C20H25ClN4S. The van der Waals surface area contributed by atoms with Crippen molar-refractivity contribution in [3.63, 3.8) is 0 Å². The van der Waals surface area contributed by atoms with E-state index in [0.29, 0.717) is 17.4 Å². The smallest absolute Gasteiger partial charge is 0.224 e. The molecule has 1 atom stereocenters. The van der Waals surface area contributed by atoms with Gasteiger partial charge in [0.2, 0.25) is 5.28 Å². The number of aryl methyl sites for hydroxylation is 1. The summed E-state index contributed by atoms with van der Waals surface area (Å²) in [6.07, 6.45) is 12.5. The van der Waals surface area contributed by atoms with E-state index in [4.69, 9.17) is 11.6 Å². The summed E-state index contributed by atoms with van der Waals surface area (Å²) < 4.78 is 1.12. The zero-order valence-corrected chi connectivity index (χ0v) is 16.9. The highest BCUT2D eigenvalue weighted by atomic mass is 35.5. The maximum Gasteiger partial charge on any atom is 0.224 e. The summed E-state index contributed by atoms with van der Waals surface area (Å²) in [6.45, 7) is 5.22. The molecule has 6 heteroatoms. The molecule has 2 N–H and O–H groups in total. The zero-order valence-electron chi connectivity index (χ0n) is 15.3. The Bertz CT molecular complexity index is 866. The third-order valence-corrected chi connectivity index (χ3v) is 6.76. The number of fused-ring (bicyclic) bond motifs is 1. The lowest BCUT2D eigenvalue weighted by Gasteiger charge is -2.30. The van der Waals surface area contributed by atoms with Crippen LogP contribution >= 0.6 is 22.9 Å². The Morgan fingerprint density at radius 3 is 2.88 bits per heavy atom. The van der Waals surface area contributed by atoms with E-state index in [1.807, 2.05) is 0 Å². The minimum absolute atomic E-state index is 0.312. The zero-order chi connectivity index (χ0) is 18.1. The molecule has 0 saturated heterocycles. The molecule has 0 bridgehead atoms. The third kappa shape index (κ3) is 3.80. The van der Waals surface area contributed by atoms with Crippen LogP contribution in [0.1, 0.15) is 43.0 Å². The molecule has 4 rings (SSSR count). The van der Waals surface area contributed by atoms with E-state index in [1.165, 1.54) is 35.3 Å². The van der Waals surface area contributed by atoms with Gasteiger partial charge in [-0.3, -0.25) is 0 Å². The summed E-state index contributed by atoms with van der Waals surface area (Å²) in [7, 11) is 0. The molecule has 0 radical (unpaired) electrons. The quantitative estimate of drug-likeness (QED) is 0.653. The molecule has 0 unspecified atom stereocenters. The summed E-state index contributed by atoms with van der Waals surface area (Å²) in [6, 6.07) is 1.18. The van der Waals surface area contributed by atoms with Gasteiger partial charge in [-0.1, -0.05) is 24.6 Å². The van der Waals surface area contributed by atoms with E-state index >= 15 is 0 Å². The predicted octanol–water partition coefficient (Wildman–Crippen LogP) is 5.02. The molecule has 4 nitrogen and oxygen atoms in total. The van der Waals surface area contributed by atoms with E-state index in [2.05, 4.69) is 52.7 Å². The van der Waals surface area contributed by atoms with E-state index < -0.39 is 0 Å². The number of hydrogen-bond donors (Lipinski definition) is 2. The normalized spacial score (nSPS) is 18.2. The highest BCUT2D eigenvalue weighted by molar-refractivity contribution is 7.19. The summed E-state index contributed by atoms with van der Waals surface area (Å²) in [4.78, 5) is 10.3. The molecule has 0 aromatic carbocycles. The van der Waals surface area contributed by atoms with Crippen LogP contribution in [-0.2, 0) is 6.42 Å². The lowest BCUT2D eigenvalue weighted by Crippen LogP contribution is -2.41. The van der Waals surface area contributed by atoms with Crippen LogP contribution in [0.2, 0.25) is 5.28 Å². The van der Waals surface area contributed by atoms with Gasteiger partial charge < -0.3 is 10.6 Å². The molecule has 0 aliphatic heterocycles. The number of allylic oxidation sites excluding steroid dienone is 3. The van der Waals surface area contributed by atoms with Gasteiger partial charge in [-0.15, -0.1) is 11.3 Å². The number of halogens is 1. The molecule has 0 amide bonds. The van der Waals surface area contributed by atoms with Gasteiger partial charge in [-0.05, 0) is 62.3 Å². The molecule has 2 aromatic heterocycles. The van der Waals surface area contributed by atoms with Crippen molar-refractivity contribution in [2.45, 2.75) is 58.0 Å². The van der Waals surface area contributed by atoms with Gasteiger partial charge >= 0.3 is 0 Å². The molecule has 2 heterocycles. The summed E-state index contributed by atoms with van der Waals surface area (Å²) in [5.41, 5.74) is 3.59. The first kappa shape index (κ1) is 18.0. The number of thiophene rings is 1. The van der Waals surface area contributed by atoms with E-state index in [-0.39, 0.29) is 0 Å². The van der Waals surface area contributed by atoms with Gasteiger partial charge in [0, 0.05) is 23.5 Å². The van der Waals surface area contributed by atoms with Crippen molar-refractivity contribution in [3.8, 4) is 0 Å². The number of nitrogens with zero attached hydrogens (tertiary/aromatic N) is 2. The first-order valence-electron chi connectivity index (χ1n) is 9.40. The fourth-order valence-corrected chi connectivity index (χ4v) is 5.06. The van der Waals surface area contributed by atoms with Gasteiger partial charge in [-0.25, -0.2) is 4.98 Å². The largest absolute Gasteiger partial charge is 0.365 e. The van der Waals surface area contributed by atoms with Gasteiger partial charge in [0.1, 0.15) is 5.82 Å². The van der Waals surface area contributed by atoms with Crippen LogP contribution in [0.4, 0.5) is 5.82 Å². The van der Waals surface area contributed by atoms with Gasteiger partial charge in [0.05, 0.1) is 10.2 Å². The average Bonchev–Trinajstić information content (AvgIpc) is 3.19. The maximum atomic E-state index is 6.20. The Hall–Kier alpha value is -1.43. The van der Waals surface area contributed by atoms with Crippen LogP contribution in [0.3, 0.4) is 0 Å². The monoisotopic (exact) mass is 388 g/mol. The standard InChI is InChI=1S/C20H25ClN4S/c1-12(23-15-8-5-9-15)10-16-13(2)17-18(26-16)19(25-20(21)24-17)22-11-14-6-3-4-7-14/h3-4,6,12,15,23H,5,7-11H2,1-2H3,(H,22,24,25)/t12-/m0/s1. The second-order valence-electron chi connectivity index (χ2n) is 7.38. The second kappa shape index (κ2) is 7.67. The highest BCUT2D eigenvalue weighted by Crippen LogP contribution is 2.35. The minimum Gasteiger partial charge on any atom is -0.365 e. The molecule has 2 aromatic rings. The van der Waals surface area contributed by atoms with Crippen molar-refractivity contribution in [2.75, 3.05) is 11.9 Å². The highest BCUT2D eigenvalue weighted by Gasteiger charge is 2.21. The van der Waals surface area contributed by atoms with Crippen molar-refractivity contribution in [2.24, 2.45) is 0 Å². The Morgan fingerprint density at radius 2 is 2.19 bits per heavy atom. The van der Waals surface area contributed by atoms with Crippen molar-refractivity contribution in [1.82, 2.24) is 15.3 Å². The van der Waals surface area contributed by atoms with Crippen LogP contribution in [0, 0.1) is 6.92 Å². The lowest BCUT2D eigenvalue weighted by atomic mass is 9.92. The molecule has 1 fully saturated rings. The van der Waals surface area contributed by atoms with Crippen LogP contribution in [0.25, 0.3) is 10.2 Å². The Kier molecular flexibility index (Phi) is 5.30. The maximum absolute atomic E-state index is 6.20. The molecule has 0 spiro atoms. The first-order chi connectivity index (χ1) is 12.6. The first-order valence-corrected chi connectivity index (χ1v) is 10.6. The molecule has 138 valence electrons. The molecule has 2 aliphatic rings. The van der Waals surface area contributed by atoms with Gasteiger partial charge in [0.15, 0.2) is 0 Å². The fourth-order valence-electron chi connectivity index (χ4n) is 3.55. The minimum atomic E-state index is 0.312. The molecule has 26 heavy (non-hydrogen) atoms. The average molecular weight is 389 g/mol. The summed E-state index contributed by atoms with van der Waals surface area (Å²) in [5, 5.41) is 7.52. The van der Waals surface area contributed by atoms with E-state index in [9.17, 15) is 0 Å². The fraction of sp³-hybridized carbons (Fsp3) is 0.500. The number of anilines is 1. The SMILES string of the molecule is Cc1c(C[C@H](C)NC2CCC2)sc2c(NCC3=CC=CC3)nc(Cl)nc12. The lowest BCUT2D eigenvalue weighted by molar-refractivity contribution is 0.310. The van der Waals surface area contributed by atoms with Crippen molar-refractivity contribution < 1.29 is 0 Å². The van der Waals surface area contributed by atoms with E-state index in [1.54, 1.807) is 11.3 Å². The summed E-state index contributed by atoms with van der Waals surface area (Å²) >= 11 is 8.01. The van der Waals surface area contributed by atoms with Crippen LogP contribution in [0.15, 0.2) is 23.8 Å². The van der Waals surface area contributed by atoms with E-state index in [0.717, 1.165) is 35.4 Å². The van der Waals surface area contributed by atoms with Crippen LogP contribution in [-0.4, -0.2) is 28.6 Å². The number of rotatable bonds is 7. The van der Waals surface area contributed by atoms with Crippen molar-refractivity contribution in [1.29, 1.82) is 0 Å². The molecular weight excluding hydrogens is 364 g/mol. The van der Waals surface area contributed by atoms with Gasteiger partial charge in [0.25, 0.3) is 0 Å². The summed E-state index contributed by atoms with van der Waals surface area (Å²) in [5.74, 6) is 0.853. The Morgan fingerprint density at radius 1 is 1.35 bits per heavy atom. The van der Waals surface area contributed by atoms with Gasteiger partial charge in [-0.2, -0.15) is 4.98 Å². The van der Waals surface area contributed by atoms with Crippen LogP contribution < -0.4 is 10.6 Å². The topological polar surface area (TPSA) is 49.8 Å². The third-order valence-electron chi connectivity index (χ3n) is 5.28. The van der Waals surface area contributed by atoms with Crippen LogP contribution in [0.5, 0.6) is 0 Å². The number of hydrogen-bond acceptors (Lipinski definition) is 5. The van der Waals surface area contributed by atoms with Crippen molar-refractivity contribution >= 4 is 39.0 Å². The predicted molar refractivity (Wildman–Crippen MR) is 111 cm³/mol.